The van der Waals surface area contributed by atoms with E-state index in [-0.39, 0.29) is 5.91 Å². The Hall–Kier alpha value is -1.44. The smallest absolute Gasteiger partial charge is 0.222 e. The van der Waals surface area contributed by atoms with Crippen molar-refractivity contribution >= 4 is 29.1 Å². The summed E-state index contributed by atoms with van der Waals surface area (Å²) >= 11 is 11.9. The lowest BCUT2D eigenvalue weighted by Crippen LogP contribution is -2.44. The van der Waals surface area contributed by atoms with Gasteiger partial charge < -0.3 is 9.64 Å². The molecule has 0 aromatic heterocycles. The number of rotatable bonds is 5. The molecule has 0 aliphatic carbocycles. The van der Waals surface area contributed by atoms with Gasteiger partial charge in [-0.1, -0.05) is 23.2 Å². The van der Waals surface area contributed by atoms with Crippen molar-refractivity contribution in [1.82, 2.24) is 4.90 Å². The summed E-state index contributed by atoms with van der Waals surface area (Å²) in [7, 11) is 0. The number of ether oxygens (including phenoxy) is 1. The molecule has 124 valence electrons. The van der Waals surface area contributed by atoms with Crippen LogP contribution in [0.1, 0.15) is 32.6 Å². The van der Waals surface area contributed by atoms with Crippen molar-refractivity contribution in [2.45, 2.75) is 32.6 Å². The van der Waals surface area contributed by atoms with Gasteiger partial charge in [0.25, 0.3) is 0 Å². The van der Waals surface area contributed by atoms with E-state index < -0.39 is 5.41 Å². The van der Waals surface area contributed by atoms with Gasteiger partial charge in [-0.3, -0.25) is 4.79 Å². The van der Waals surface area contributed by atoms with E-state index in [0.717, 1.165) is 19.4 Å². The van der Waals surface area contributed by atoms with Crippen LogP contribution in [-0.4, -0.2) is 30.5 Å². The zero-order chi connectivity index (χ0) is 16.9. The lowest BCUT2D eigenvalue weighted by molar-refractivity contribution is -0.133. The molecule has 0 radical (unpaired) electrons. The van der Waals surface area contributed by atoms with Gasteiger partial charge in [-0.05, 0) is 44.4 Å². The van der Waals surface area contributed by atoms with Crippen molar-refractivity contribution in [3.63, 3.8) is 0 Å². The number of benzene rings is 1. The van der Waals surface area contributed by atoms with Crippen LogP contribution in [0.3, 0.4) is 0 Å². The zero-order valence-electron chi connectivity index (χ0n) is 13.1. The minimum Gasteiger partial charge on any atom is -0.492 e. The van der Waals surface area contributed by atoms with Crippen molar-refractivity contribution in [1.29, 1.82) is 5.26 Å². The highest BCUT2D eigenvalue weighted by molar-refractivity contribution is 6.35. The van der Waals surface area contributed by atoms with Crippen LogP contribution >= 0.6 is 23.2 Å². The molecule has 0 saturated carbocycles. The molecular formula is C17H20Cl2N2O2. The maximum atomic E-state index is 12.2. The molecule has 1 atom stereocenters. The zero-order valence-corrected chi connectivity index (χ0v) is 14.7. The topological polar surface area (TPSA) is 53.3 Å². The quantitative estimate of drug-likeness (QED) is 0.740. The standard InChI is InChI=1S/C17H20Cl2N2O2/c1-17(11-20)7-3-8-21(12-17)16(22)4-2-9-23-15-6-5-13(18)10-14(15)19/h5-6,10H,2-4,7-9,12H2,1H3/t17-/m0/s1. The molecule has 1 aromatic rings. The summed E-state index contributed by atoms with van der Waals surface area (Å²) in [5.74, 6) is 0.649. The first-order valence-corrected chi connectivity index (χ1v) is 8.46. The second-order valence-corrected chi connectivity index (χ2v) is 6.96. The van der Waals surface area contributed by atoms with Crippen LogP contribution in [0.4, 0.5) is 0 Å². The van der Waals surface area contributed by atoms with Gasteiger partial charge in [-0.15, -0.1) is 0 Å². The Morgan fingerprint density at radius 1 is 1.48 bits per heavy atom. The Bertz CT molecular complexity index is 615. The maximum absolute atomic E-state index is 12.2. The van der Waals surface area contributed by atoms with Crippen LogP contribution < -0.4 is 4.74 Å². The number of hydrogen-bond acceptors (Lipinski definition) is 3. The highest BCUT2D eigenvalue weighted by Crippen LogP contribution is 2.29. The first-order chi connectivity index (χ1) is 10.9. The molecule has 1 aromatic carbocycles. The molecule has 0 spiro atoms. The third kappa shape index (κ3) is 5.02. The first kappa shape index (κ1) is 17.9. The number of hydrogen-bond donors (Lipinski definition) is 0. The van der Waals surface area contributed by atoms with Gasteiger partial charge in [0.05, 0.1) is 23.1 Å². The number of carbonyl (C=O) groups is 1. The summed E-state index contributed by atoms with van der Waals surface area (Å²) in [5, 5.41) is 10.2. The minimum atomic E-state index is -0.415. The maximum Gasteiger partial charge on any atom is 0.222 e. The number of likely N-dealkylation sites (tertiary alicyclic amines) is 1. The number of carbonyl (C=O) groups excluding carboxylic acids is 1. The van der Waals surface area contributed by atoms with Crippen LogP contribution in [0.25, 0.3) is 0 Å². The molecular weight excluding hydrogens is 335 g/mol. The Kier molecular flexibility index (Phi) is 6.15. The highest BCUT2D eigenvalue weighted by atomic mass is 35.5. The predicted octanol–water partition coefficient (Wildman–Crippen LogP) is 4.30. The van der Waals surface area contributed by atoms with Crippen LogP contribution in [0.5, 0.6) is 5.75 Å². The molecule has 0 N–H and O–H groups in total. The number of amides is 1. The molecule has 1 amide bonds. The lowest BCUT2D eigenvalue weighted by atomic mass is 9.83. The number of piperidine rings is 1. The van der Waals surface area contributed by atoms with Crippen molar-refractivity contribution in [2.75, 3.05) is 19.7 Å². The summed E-state index contributed by atoms with van der Waals surface area (Å²) in [5.41, 5.74) is -0.415. The van der Waals surface area contributed by atoms with E-state index in [1.807, 2.05) is 6.92 Å². The number of nitriles is 1. The largest absolute Gasteiger partial charge is 0.492 e. The molecule has 0 bridgehead atoms. The Morgan fingerprint density at radius 3 is 2.96 bits per heavy atom. The summed E-state index contributed by atoms with van der Waals surface area (Å²) in [6.45, 7) is 3.58. The van der Waals surface area contributed by atoms with Gasteiger partial charge >= 0.3 is 0 Å². The van der Waals surface area contributed by atoms with Crippen molar-refractivity contribution < 1.29 is 9.53 Å². The lowest BCUT2D eigenvalue weighted by Gasteiger charge is -2.36. The molecule has 1 aliphatic rings. The van der Waals surface area contributed by atoms with Crippen molar-refractivity contribution in [3.8, 4) is 11.8 Å². The van der Waals surface area contributed by atoms with E-state index in [2.05, 4.69) is 6.07 Å². The van der Waals surface area contributed by atoms with Gasteiger partial charge in [0, 0.05) is 24.5 Å². The van der Waals surface area contributed by atoms with E-state index in [1.54, 1.807) is 23.1 Å². The second kappa shape index (κ2) is 7.90. The molecule has 1 heterocycles. The Morgan fingerprint density at radius 2 is 2.26 bits per heavy atom. The van der Waals surface area contributed by atoms with Gasteiger partial charge in [0.1, 0.15) is 5.75 Å². The minimum absolute atomic E-state index is 0.0805. The molecule has 23 heavy (non-hydrogen) atoms. The van der Waals surface area contributed by atoms with E-state index in [4.69, 9.17) is 27.9 Å². The third-order valence-corrected chi connectivity index (χ3v) is 4.54. The molecule has 2 rings (SSSR count). The van der Waals surface area contributed by atoms with E-state index in [0.29, 0.717) is 41.8 Å². The van der Waals surface area contributed by atoms with Gasteiger partial charge in [0.15, 0.2) is 0 Å². The van der Waals surface area contributed by atoms with Crippen molar-refractivity contribution in [2.24, 2.45) is 5.41 Å². The first-order valence-electron chi connectivity index (χ1n) is 7.70. The summed E-state index contributed by atoms with van der Waals surface area (Å²) in [6.07, 6.45) is 2.75. The average Bonchev–Trinajstić information content (AvgIpc) is 2.53. The van der Waals surface area contributed by atoms with Crippen LogP contribution in [-0.2, 0) is 4.79 Å². The molecule has 1 fully saturated rings. The number of halogens is 2. The van der Waals surface area contributed by atoms with Crippen LogP contribution in [0.2, 0.25) is 10.0 Å². The van der Waals surface area contributed by atoms with Crippen LogP contribution in [0.15, 0.2) is 18.2 Å². The monoisotopic (exact) mass is 354 g/mol. The molecule has 0 unspecified atom stereocenters. The van der Waals surface area contributed by atoms with Crippen LogP contribution in [0, 0.1) is 16.7 Å². The van der Waals surface area contributed by atoms with Gasteiger partial charge in [-0.25, -0.2) is 0 Å². The van der Waals surface area contributed by atoms with Crippen molar-refractivity contribution in [3.05, 3.63) is 28.2 Å². The molecule has 1 saturated heterocycles. The fourth-order valence-electron chi connectivity index (χ4n) is 2.70. The van der Waals surface area contributed by atoms with E-state index in [9.17, 15) is 10.1 Å². The Balaban J connectivity index is 1.76. The summed E-state index contributed by atoms with van der Waals surface area (Å²) in [4.78, 5) is 14.0. The number of nitrogens with zero attached hydrogens (tertiary/aromatic N) is 2. The fourth-order valence-corrected chi connectivity index (χ4v) is 3.16. The van der Waals surface area contributed by atoms with E-state index in [1.165, 1.54) is 0 Å². The predicted molar refractivity (Wildman–Crippen MR) is 90.7 cm³/mol. The molecule has 4 nitrogen and oxygen atoms in total. The highest BCUT2D eigenvalue weighted by Gasteiger charge is 2.32. The molecule has 1 aliphatic heterocycles. The normalized spacial score (nSPS) is 20.9. The van der Waals surface area contributed by atoms with Gasteiger partial charge in [0.2, 0.25) is 5.91 Å². The third-order valence-electron chi connectivity index (χ3n) is 4.01. The fraction of sp³-hybridized carbons (Fsp3) is 0.529. The summed E-state index contributed by atoms with van der Waals surface area (Å²) in [6, 6.07) is 7.38. The molecule has 6 heteroatoms. The average molecular weight is 355 g/mol. The summed E-state index contributed by atoms with van der Waals surface area (Å²) < 4.78 is 5.58. The van der Waals surface area contributed by atoms with Gasteiger partial charge in [-0.2, -0.15) is 5.26 Å². The Labute approximate surface area is 146 Å². The second-order valence-electron chi connectivity index (χ2n) is 6.12. The van der Waals surface area contributed by atoms with E-state index >= 15 is 0 Å². The SMILES string of the molecule is C[C@@]1(C#N)CCCN(C(=O)CCCOc2ccc(Cl)cc2Cl)C1.